The summed E-state index contributed by atoms with van der Waals surface area (Å²) in [6.45, 7) is 2.98. The van der Waals surface area contributed by atoms with Crippen LogP contribution in [0.1, 0.15) is 34.8 Å². The molecule has 1 spiro atoms. The monoisotopic (exact) mass is 428 g/mol. The van der Waals surface area contributed by atoms with Crippen molar-refractivity contribution in [3.05, 3.63) is 59.2 Å². The van der Waals surface area contributed by atoms with E-state index in [1.54, 1.807) is 23.1 Å². The van der Waals surface area contributed by atoms with Gasteiger partial charge < -0.3 is 19.7 Å². The van der Waals surface area contributed by atoms with Gasteiger partial charge in [0.1, 0.15) is 0 Å². The molecule has 2 aliphatic heterocycles. The summed E-state index contributed by atoms with van der Waals surface area (Å²) >= 11 is 0. The van der Waals surface area contributed by atoms with Crippen LogP contribution in [0.4, 0.5) is 8.78 Å². The van der Waals surface area contributed by atoms with Crippen LogP contribution >= 0.6 is 0 Å². The van der Waals surface area contributed by atoms with Crippen molar-refractivity contribution in [2.75, 3.05) is 26.3 Å². The van der Waals surface area contributed by atoms with Gasteiger partial charge in [-0.15, -0.1) is 0 Å². The van der Waals surface area contributed by atoms with Crippen molar-refractivity contribution in [3.63, 3.8) is 0 Å². The van der Waals surface area contributed by atoms with Crippen LogP contribution in [-0.2, 0) is 20.2 Å². The Morgan fingerprint density at radius 1 is 1.10 bits per heavy atom. The molecule has 31 heavy (non-hydrogen) atoms. The van der Waals surface area contributed by atoms with Gasteiger partial charge in [0, 0.05) is 29.2 Å². The van der Waals surface area contributed by atoms with Crippen LogP contribution in [0.2, 0.25) is 0 Å². The molecule has 2 aromatic carbocycles. The smallest absolute Gasteiger partial charge is 0.299 e. The fourth-order valence-electron chi connectivity index (χ4n) is 4.76. The third kappa shape index (κ3) is 3.21. The highest BCUT2D eigenvalue weighted by Gasteiger charge is 2.48. The number of hydrogen-bond acceptors (Lipinski definition) is 4. The lowest BCUT2D eigenvalue weighted by Crippen LogP contribution is -2.43. The molecule has 0 saturated carbocycles. The van der Waals surface area contributed by atoms with E-state index in [2.05, 4.69) is 5.32 Å². The van der Waals surface area contributed by atoms with E-state index >= 15 is 0 Å². The Morgan fingerprint density at radius 2 is 1.81 bits per heavy atom. The van der Waals surface area contributed by atoms with Gasteiger partial charge in [-0.05, 0) is 30.2 Å². The molecule has 2 aromatic rings. The minimum Gasteiger partial charge on any atom is -0.346 e. The van der Waals surface area contributed by atoms with Crippen molar-refractivity contribution in [1.29, 1.82) is 0 Å². The maximum absolute atomic E-state index is 14.9. The second-order valence-electron chi connectivity index (χ2n) is 8.25. The molecule has 1 unspecified atom stereocenters. The molecule has 2 fully saturated rings. The number of carbonyl (C=O) groups excluding carboxylic acids is 2. The minimum absolute atomic E-state index is 0.0639. The number of nitrogens with one attached hydrogen (secondary N) is 1. The van der Waals surface area contributed by atoms with Crippen LogP contribution in [0.3, 0.4) is 0 Å². The first-order valence-electron chi connectivity index (χ1n) is 10.3. The van der Waals surface area contributed by atoms with Crippen LogP contribution < -0.4 is 5.32 Å². The summed E-state index contributed by atoms with van der Waals surface area (Å²) in [4.78, 5) is 26.9. The van der Waals surface area contributed by atoms with E-state index < -0.39 is 17.6 Å². The summed E-state index contributed by atoms with van der Waals surface area (Å²) < 4.78 is 41.1. The Kier molecular flexibility index (Phi) is 4.60. The fraction of sp³-hybridized carbons (Fsp3) is 0.391. The maximum atomic E-state index is 14.9. The van der Waals surface area contributed by atoms with Crippen molar-refractivity contribution in [2.45, 2.75) is 31.1 Å². The van der Waals surface area contributed by atoms with Gasteiger partial charge in [-0.2, -0.15) is 8.78 Å². The van der Waals surface area contributed by atoms with E-state index in [0.717, 1.165) is 0 Å². The molecule has 6 nitrogen and oxygen atoms in total. The molecule has 1 aliphatic carbocycles. The van der Waals surface area contributed by atoms with Gasteiger partial charge in [-0.1, -0.05) is 30.3 Å². The molecule has 2 amide bonds. The Hall–Kier alpha value is -2.84. The van der Waals surface area contributed by atoms with Crippen molar-refractivity contribution in [2.24, 2.45) is 0 Å². The number of carbonyl (C=O) groups is 2. The number of benzene rings is 2. The summed E-state index contributed by atoms with van der Waals surface area (Å²) in [6, 6.07) is 10.5. The van der Waals surface area contributed by atoms with E-state index in [9.17, 15) is 18.4 Å². The van der Waals surface area contributed by atoms with Crippen molar-refractivity contribution in [3.8, 4) is 11.1 Å². The molecule has 8 heteroatoms. The highest BCUT2D eigenvalue weighted by molar-refractivity contribution is 5.98. The number of hydrogen-bond donors (Lipinski definition) is 1. The third-order valence-electron chi connectivity index (χ3n) is 6.26. The summed E-state index contributed by atoms with van der Waals surface area (Å²) in [5.41, 5.74) is 0.718. The van der Waals surface area contributed by atoms with Crippen LogP contribution in [-0.4, -0.2) is 54.8 Å². The van der Waals surface area contributed by atoms with Gasteiger partial charge in [-0.25, -0.2) is 0 Å². The minimum atomic E-state index is -3.17. The van der Waals surface area contributed by atoms with Gasteiger partial charge in [0.2, 0.25) is 5.91 Å². The van der Waals surface area contributed by atoms with E-state index in [1.165, 1.54) is 24.3 Å². The number of likely N-dealkylation sites (tertiary alicyclic amines) is 1. The standard InChI is InChI=1S/C23H22F2N2O4/c1-14-11-22(30-8-9-31-22)13-27(14)20(28)12-26-21(29)15-6-7-17-16-4-2-3-5-18(16)23(24,25)19(17)10-15/h2-7,10,14H,8-9,11-13H2,1H3,(H,26,29). The molecule has 1 N–H and O–H groups in total. The van der Waals surface area contributed by atoms with E-state index in [0.29, 0.717) is 37.3 Å². The number of nitrogens with zero attached hydrogens (tertiary/aromatic N) is 1. The molecule has 0 bridgehead atoms. The molecular weight excluding hydrogens is 406 g/mol. The zero-order valence-electron chi connectivity index (χ0n) is 17.0. The highest BCUT2D eigenvalue weighted by Crippen LogP contribution is 2.50. The molecule has 1 atom stereocenters. The first kappa shape index (κ1) is 20.1. The predicted octanol–water partition coefficient (Wildman–Crippen LogP) is 2.90. The number of amides is 2. The molecule has 162 valence electrons. The lowest BCUT2D eigenvalue weighted by molar-refractivity contribution is -0.152. The average molecular weight is 428 g/mol. The van der Waals surface area contributed by atoms with E-state index in [4.69, 9.17) is 9.47 Å². The largest absolute Gasteiger partial charge is 0.346 e. The van der Waals surface area contributed by atoms with Gasteiger partial charge >= 0.3 is 0 Å². The second kappa shape index (κ2) is 7.10. The first-order chi connectivity index (χ1) is 14.8. The molecule has 5 rings (SSSR count). The quantitative estimate of drug-likeness (QED) is 0.817. The number of rotatable bonds is 3. The van der Waals surface area contributed by atoms with Crippen LogP contribution in [0.25, 0.3) is 11.1 Å². The Bertz CT molecular complexity index is 1070. The van der Waals surface area contributed by atoms with Gasteiger partial charge in [0.15, 0.2) is 5.79 Å². The van der Waals surface area contributed by atoms with Gasteiger partial charge in [0.05, 0.1) is 26.3 Å². The molecule has 2 saturated heterocycles. The van der Waals surface area contributed by atoms with E-state index in [-0.39, 0.29) is 35.2 Å². The molecule has 2 heterocycles. The summed E-state index contributed by atoms with van der Waals surface area (Å²) in [6.07, 6.45) is 0.577. The molecular formula is C23H22F2N2O4. The van der Waals surface area contributed by atoms with Crippen molar-refractivity contribution >= 4 is 11.8 Å². The zero-order valence-corrected chi connectivity index (χ0v) is 17.0. The Balaban J connectivity index is 1.28. The SMILES string of the molecule is CC1CC2(CN1C(=O)CNC(=O)c1ccc3c(c1)C(F)(F)c1ccccc1-3)OCCO2. The fourth-order valence-corrected chi connectivity index (χ4v) is 4.76. The lowest BCUT2D eigenvalue weighted by Gasteiger charge is -2.23. The van der Waals surface area contributed by atoms with E-state index in [1.807, 2.05) is 6.92 Å². The highest BCUT2D eigenvalue weighted by atomic mass is 19.3. The summed E-state index contributed by atoms with van der Waals surface area (Å²) in [7, 11) is 0. The van der Waals surface area contributed by atoms with Crippen LogP contribution in [0, 0.1) is 0 Å². The lowest BCUT2D eigenvalue weighted by atomic mass is 10.0. The molecule has 0 radical (unpaired) electrons. The van der Waals surface area contributed by atoms with Crippen LogP contribution in [0.5, 0.6) is 0 Å². The normalized spacial score (nSPS) is 22.4. The first-order valence-corrected chi connectivity index (χ1v) is 10.3. The van der Waals surface area contributed by atoms with Gasteiger partial charge in [-0.3, -0.25) is 9.59 Å². The second-order valence-corrected chi connectivity index (χ2v) is 8.25. The van der Waals surface area contributed by atoms with Crippen molar-refractivity contribution in [1.82, 2.24) is 10.2 Å². The number of fused-ring (bicyclic) bond motifs is 3. The Labute approximate surface area is 178 Å². The third-order valence-corrected chi connectivity index (χ3v) is 6.26. The van der Waals surface area contributed by atoms with Gasteiger partial charge in [0.25, 0.3) is 11.8 Å². The number of ether oxygens (including phenoxy) is 2. The zero-order chi connectivity index (χ0) is 21.8. The molecule has 3 aliphatic rings. The van der Waals surface area contributed by atoms with Crippen molar-refractivity contribution < 1.29 is 27.8 Å². The maximum Gasteiger partial charge on any atom is 0.299 e. The topological polar surface area (TPSA) is 67.9 Å². The number of alkyl halides is 2. The summed E-state index contributed by atoms with van der Waals surface area (Å²) in [5, 5.41) is 2.56. The predicted molar refractivity (Wildman–Crippen MR) is 108 cm³/mol. The summed E-state index contributed by atoms with van der Waals surface area (Å²) in [5.74, 6) is -4.76. The molecule has 0 aromatic heterocycles. The Morgan fingerprint density at radius 3 is 2.58 bits per heavy atom. The number of halogens is 2. The van der Waals surface area contributed by atoms with Crippen LogP contribution in [0.15, 0.2) is 42.5 Å². The average Bonchev–Trinajstić information content (AvgIpc) is 3.42.